The first kappa shape index (κ1) is 24.1. The number of piperidine rings is 1. The monoisotopic (exact) mass is 418 g/mol. The highest BCUT2D eigenvalue weighted by molar-refractivity contribution is 5.80. The van der Waals surface area contributed by atoms with E-state index in [0.717, 1.165) is 25.3 Å². The van der Waals surface area contributed by atoms with Gasteiger partial charge >= 0.3 is 0 Å². The Kier molecular flexibility index (Phi) is 9.10. The average molecular weight is 419 g/mol. The van der Waals surface area contributed by atoms with Crippen molar-refractivity contribution in [2.45, 2.75) is 142 Å². The van der Waals surface area contributed by atoms with Gasteiger partial charge in [-0.1, -0.05) is 72.1 Å². The second kappa shape index (κ2) is 11.3. The molecule has 1 atom stereocenters. The van der Waals surface area contributed by atoms with Crippen LogP contribution >= 0.6 is 0 Å². The van der Waals surface area contributed by atoms with Gasteiger partial charge in [-0.25, -0.2) is 0 Å². The molecular formula is C27H50N2O. The Balaban J connectivity index is 1.57. The molecule has 1 unspecified atom stereocenters. The molecule has 1 amide bonds. The van der Waals surface area contributed by atoms with Crippen LogP contribution in [0.25, 0.3) is 0 Å². The summed E-state index contributed by atoms with van der Waals surface area (Å²) in [4.78, 5) is 13.5. The molecule has 3 nitrogen and oxygen atoms in total. The molecule has 2 aliphatic carbocycles. The van der Waals surface area contributed by atoms with Crippen LogP contribution in [-0.4, -0.2) is 24.0 Å². The van der Waals surface area contributed by atoms with Crippen molar-refractivity contribution in [3.63, 3.8) is 0 Å². The SMILES string of the molecule is CC(C)(C)CC1CCC(NC(=O)C2CCCNC23CCCCCCCCCC3)CC1. The number of rotatable bonds is 3. The molecule has 3 rings (SSSR count). The summed E-state index contributed by atoms with van der Waals surface area (Å²) in [6, 6.07) is 0.412. The van der Waals surface area contributed by atoms with Crippen molar-refractivity contribution in [1.82, 2.24) is 10.6 Å². The van der Waals surface area contributed by atoms with Gasteiger partial charge in [0.25, 0.3) is 0 Å². The molecule has 0 aromatic carbocycles. The van der Waals surface area contributed by atoms with Gasteiger partial charge in [0.15, 0.2) is 0 Å². The zero-order valence-corrected chi connectivity index (χ0v) is 20.4. The molecule has 0 aromatic heterocycles. The Bertz CT molecular complexity index is 503. The van der Waals surface area contributed by atoms with E-state index < -0.39 is 0 Å². The second-order valence-electron chi connectivity index (χ2n) is 12.1. The molecule has 0 aromatic rings. The van der Waals surface area contributed by atoms with Gasteiger partial charge in [-0.15, -0.1) is 0 Å². The maximum Gasteiger partial charge on any atom is 0.225 e. The van der Waals surface area contributed by atoms with Crippen LogP contribution in [0, 0.1) is 17.3 Å². The number of amides is 1. The largest absolute Gasteiger partial charge is 0.353 e. The molecule has 0 radical (unpaired) electrons. The maximum atomic E-state index is 13.5. The zero-order valence-electron chi connectivity index (χ0n) is 20.4. The van der Waals surface area contributed by atoms with Crippen molar-refractivity contribution in [2.24, 2.45) is 17.3 Å². The Morgan fingerprint density at radius 2 is 1.40 bits per heavy atom. The Hall–Kier alpha value is -0.570. The van der Waals surface area contributed by atoms with Crippen molar-refractivity contribution in [3.8, 4) is 0 Å². The predicted molar refractivity (Wildman–Crippen MR) is 128 cm³/mol. The fraction of sp³-hybridized carbons (Fsp3) is 0.963. The predicted octanol–water partition coefficient (Wildman–Crippen LogP) is 6.75. The summed E-state index contributed by atoms with van der Waals surface area (Å²) < 4.78 is 0. The standard InChI is InChI=1S/C27H50N2O/c1-26(2,3)21-22-14-16-23(17-15-22)29-25(30)24-13-12-20-28-27(24)18-10-8-6-4-5-7-9-11-19-27/h22-24,28H,4-21H2,1-3H3,(H,29,30). The zero-order chi connectivity index (χ0) is 21.5. The lowest BCUT2D eigenvalue weighted by molar-refractivity contribution is -0.130. The Morgan fingerprint density at radius 1 is 0.833 bits per heavy atom. The third-order valence-corrected chi connectivity index (χ3v) is 8.22. The van der Waals surface area contributed by atoms with Crippen LogP contribution < -0.4 is 10.6 Å². The fourth-order valence-electron chi connectivity index (χ4n) is 6.70. The lowest BCUT2D eigenvalue weighted by Gasteiger charge is -2.45. The van der Waals surface area contributed by atoms with Gasteiger partial charge in [0.1, 0.15) is 0 Å². The van der Waals surface area contributed by atoms with Crippen molar-refractivity contribution < 1.29 is 4.79 Å². The maximum absolute atomic E-state index is 13.5. The van der Waals surface area contributed by atoms with Crippen molar-refractivity contribution >= 4 is 5.91 Å². The molecule has 1 heterocycles. The quantitative estimate of drug-likeness (QED) is 0.532. The van der Waals surface area contributed by atoms with Crippen molar-refractivity contribution in [2.75, 3.05) is 6.54 Å². The lowest BCUT2D eigenvalue weighted by atomic mass is 9.71. The van der Waals surface area contributed by atoms with E-state index in [1.807, 2.05) is 0 Å². The average Bonchev–Trinajstić information content (AvgIpc) is 2.75. The van der Waals surface area contributed by atoms with Gasteiger partial charge < -0.3 is 10.6 Å². The number of hydrogen-bond donors (Lipinski definition) is 2. The van der Waals surface area contributed by atoms with Crippen LogP contribution in [0.3, 0.4) is 0 Å². The minimum Gasteiger partial charge on any atom is -0.353 e. The summed E-state index contributed by atoms with van der Waals surface area (Å²) in [5.41, 5.74) is 0.492. The van der Waals surface area contributed by atoms with E-state index in [1.54, 1.807) is 0 Å². The second-order valence-corrected chi connectivity index (χ2v) is 12.1. The van der Waals surface area contributed by atoms with E-state index in [-0.39, 0.29) is 11.5 Å². The fourth-order valence-corrected chi connectivity index (χ4v) is 6.70. The smallest absolute Gasteiger partial charge is 0.225 e. The first-order valence-electron chi connectivity index (χ1n) is 13.4. The molecule has 3 heteroatoms. The third kappa shape index (κ3) is 7.24. The Labute approximate surface area is 186 Å². The molecule has 0 bridgehead atoms. The molecule has 1 saturated heterocycles. The highest BCUT2D eigenvalue weighted by atomic mass is 16.2. The summed E-state index contributed by atoms with van der Waals surface area (Å²) in [5.74, 6) is 1.40. The minimum absolute atomic E-state index is 0.0656. The summed E-state index contributed by atoms with van der Waals surface area (Å²) in [6.07, 6.45) is 21.7. The first-order chi connectivity index (χ1) is 14.4. The van der Waals surface area contributed by atoms with Gasteiger partial charge in [-0.2, -0.15) is 0 Å². The van der Waals surface area contributed by atoms with E-state index in [2.05, 4.69) is 31.4 Å². The molecule has 2 saturated carbocycles. The molecule has 2 N–H and O–H groups in total. The van der Waals surface area contributed by atoms with Crippen LogP contribution in [0.4, 0.5) is 0 Å². The molecule has 1 aliphatic heterocycles. The summed E-state index contributed by atoms with van der Waals surface area (Å²) in [7, 11) is 0. The minimum atomic E-state index is 0.0656. The lowest BCUT2D eigenvalue weighted by Crippen LogP contribution is -2.60. The van der Waals surface area contributed by atoms with Gasteiger partial charge in [-0.05, 0) is 75.7 Å². The van der Waals surface area contributed by atoms with E-state index in [9.17, 15) is 4.79 Å². The van der Waals surface area contributed by atoms with E-state index in [1.165, 1.54) is 96.3 Å². The molecule has 3 aliphatic rings. The number of hydrogen-bond acceptors (Lipinski definition) is 2. The van der Waals surface area contributed by atoms with Crippen LogP contribution in [0.15, 0.2) is 0 Å². The van der Waals surface area contributed by atoms with E-state index in [4.69, 9.17) is 0 Å². The van der Waals surface area contributed by atoms with Gasteiger partial charge in [0, 0.05) is 11.6 Å². The number of nitrogens with one attached hydrogen (secondary N) is 2. The van der Waals surface area contributed by atoms with E-state index >= 15 is 0 Å². The summed E-state index contributed by atoms with van der Waals surface area (Å²) in [6.45, 7) is 8.17. The normalized spacial score (nSPS) is 31.6. The van der Waals surface area contributed by atoms with Crippen LogP contribution in [0.2, 0.25) is 0 Å². The van der Waals surface area contributed by atoms with Crippen molar-refractivity contribution in [1.29, 1.82) is 0 Å². The molecule has 174 valence electrons. The third-order valence-electron chi connectivity index (χ3n) is 8.22. The summed E-state index contributed by atoms with van der Waals surface area (Å²) in [5, 5.41) is 7.45. The molecular weight excluding hydrogens is 368 g/mol. The topological polar surface area (TPSA) is 41.1 Å². The van der Waals surface area contributed by atoms with Gasteiger partial charge in [-0.3, -0.25) is 4.79 Å². The highest BCUT2D eigenvalue weighted by Crippen LogP contribution is 2.38. The first-order valence-corrected chi connectivity index (χ1v) is 13.4. The number of carbonyl (C=O) groups is 1. The van der Waals surface area contributed by atoms with Crippen LogP contribution in [0.1, 0.15) is 130 Å². The van der Waals surface area contributed by atoms with Gasteiger partial charge in [0.05, 0.1) is 5.92 Å². The molecule has 30 heavy (non-hydrogen) atoms. The van der Waals surface area contributed by atoms with Crippen molar-refractivity contribution in [3.05, 3.63) is 0 Å². The number of carbonyl (C=O) groups excluding carboxylic acids is 1. The van der Waals surface area contributed by atoms with Crippen LogP contribution in [0.5, 0.6) is 0 Å². The highest BCUT2D eigenvalue weighted by Gasteiger charge is 2.44. The molecule has 3 fully saturated rings. The van der Waals surface area contributed by atoms with E-state index in [0.29, 0.717) is 17.4 Å². The Morgan fingerprint density at radius 3 is 1.97 bits per heavy atom. The van der Waals surface area contributed by atoms with Gasteiger partial charge in [0.2, 0.25) is 5.91 Å². The summed E-state index contributed by atoms with van der Waals surface area (Å²) >= 11 is 0. The van der Waals surface area contributed by atoms with Crippen LogP contribution in [-0.2, 0) is 4.79 Å². The molecule has 1 spiro atoms.